The van der Waals surface area contributed by atoms with E-state index >= 15 is 0 Å². The highest BCUT2D eigenvalue weighted by molar-refractivity contribution is 5.84. The molecular formula is C33H38O6. The Balaban J connectivity index is 1.44. The summed E-state index contributed by atoms with van der Waals surface area (Å²) in [4.78, 5) is 13.2. The molecule has 0 aromatic heterocycles. The van der Waals surface area contributed by atoms with E-state index in [1.165, 1.54) is 0 Å². The molecule has 2 aliphatic rings. The first-order valence-corrected chi connectivity index (χ1v) is 13.7. The fourth-order valence-electron chi connectivity index (χ4n) is 5.02. The number of ketones is 1. The molecular weight excluding hydrogens is 492 g/mol. The van der Waals surface area contributed by atoms with E-state index in [0.29, 0.717) is 19.8 Å². The van der Waals surface area contributed by atoms with Crippen molar-refractivity contribution in [1.29, 1.82) is 0 Å². The third kappa shape index (κ3) is 7.02. The second-order valence-electron chi connectivity index (χ2n) is 11.3. The van der Waals surface area contributed by atoms with Crippen LogP contribution in [-0.4, -0.2) is 42.9 Å². The molecule has 1 unspecified atom stereocenters. The Hall–Kier alpha value is -2.87. The lowest BCUT2D eigenvalue weighted by molar-refractivity contribution is -0.339. The van der Waals surface area contributed by atoms with Crippen molar-refractivity contribution in [3.63, 3.8) is 0 Å². The summed E-state index contributed by atoms with van der Waals surface area (Å²) in [5, 5.41) is 0. The largest absolute Gasteiger partial charge is 0.368 e. The topological polar surface area (TPSA) is 63.2 Å². The third-order valence-electron chi connectivity index (χ3n) is 7.29. The van der Waals surface area contributed by atoms with Crippen molar-refractivity contribution in [1.82, 2.24) is 0 Å². The summed E-state index contributed by atoms with van der Waals surface area (Å²) in [6.45, 7) is 6.89. The monoisotopic (exact) mass is 530 g/mol. The van der Waals surface area contributed by atoms with Crippen LogP contribution < -0.4 is 0 Å². The molecule has 0 radical (unpaired) electrons. The molecule has 2 aliphatic heterocycles. The maximum Gasteiger partial charge on any atom is 0.184 e. The Morgan fingerprint density at radius 1 is 0.769 bits per heavy atom. The maximum atomic E-state index is 13.2. The lowest BCUT2D eigenvalue weighted by Gasteiger charge is -2.49. The van der Waals surface area contributed by atoms with Gasteiger partial charge in [-0.1, -0.05) is 112 Å². The lowest BCUT2D eigenvalue weighted by atomic mass is 9.84. The maximum absolute atomic E-state index is 13.2. The van der Waals surface area contributed by atoms with Gasteiger partial charge in [-0.25, -0.2) is 0 Å². The van der Waals surface area contributed by atoms with E-state index in [1.807, 2.05) is 112 Å². The van der Waals surface area contributed by atoms with Crippen LogP contribution >= 0.6 is 0 Å². The van der Waals surface area contributed by atoms with E-state index in [1.54, 1.807) is 0 Å². The Bertz CT molecular complexity index is 1180. The van der Waals surface area contributed by atoms with Crippen molar-refractivity contribution in [3.05, 3.63) is 108 Å². The summed E-state index contributed by atoms with van der Waals surface area (Å²) < 4.78 is 32.4. The number of hydrogen-bond donors (Lipinski definition) is 0. The molecule has 0 saturated carbocycles. The van der Waals surface area contributed by atoms with Crippen molar-refractivity contribution in [2.24, 2.45) is 5.41 Å². The van der Waals surface area contributed by atoms with Gasteiger partial charge in [0.25, 0.3) is 0 Å². The summed E-state index contributed by atoms with van der Waals surface area (Å²) >= 11 is 0. The highest BCUT2D eigenvalue weighted by atomic mass is 16.7. The van der Waals surface area contributed by atoms with Gasteiger partial charge in [-0.15, -0.1) is 0 Å². The van der Waals surface area contributed by atoms with Gasteiger partial charge in [-0.2, -0.15) is 0 Å². The Morgan fingerprint density at radius 3 is 1.87 bits per heavy atom. The average molecular weight is 531 g/mol. The molecule has 6 heteroatoms. The summed E-state index contributed by atoms with van der Waals surface area (Å²) in [5.74, 6) is 0.112. The second-order valence-corrected chi connectivity index (χ2v) is 11.3. The number of benzene rings is 3. The van der Waals surface area contributed by atoms with E-state index in [0.717, 1.165) is 16.7 Å². The van der Waals surface area contributed by atoms with Crippen LogP contribution in [0.2, 0.25) is 0 Å². The fourth-order valence-corrected chi connectivity index (χ4v) is 5.02. The quantitative estimate of drug-likeness (QED) is 0.336. The number of carbonyl (C=O) groups is 1. The molecule has 2 saturated heterocycles. The zero-order chi connectivity index (χ0) is 27.2. The molecule has 6 nitrogen and oxygen atoms in total. The van der Waals surface area contributed by atoms with E-state index < -0.39 is 36.1 Å². The Kier molecular flexibility index (Phi) is 8.90. The van der Waals surface area contributed by atoms with Gasteiger partial charge in [-0.3, -0.25) is 4.79 Å². The van der Waals surface area contributed by atoms with Crippen LogP contribution in [0.5, 0.6) is 0 Å². The average Bonchev–Trinajstić information content (AvgIpc) is 2.96. The number of ether oxygens (including phenoxy) is 5. The van der Waals surface area contributed by atoms with Crippen LogP contribution in [0.25, 0.3) is 0 Å². The molecule has 5 rings (SSSR count). The molecule has 2 heterocycles. The summed E-state index contributed by atoms with van der Waals surface area (Å²) in [6.07, 6.45) is -2.63. The zero-order valence-electron chi connectivity index (χ0n) is 22.9. The van der Waals surface area contributed by atoms with Crippen molar-refractivity contribution in [2.75, 3.05) is 6.61 Å². The van der Waals surface area contributed by atoms with Crippen LogP contribution in [0.3, 0.4) is 0 Å². The fraction of sp³-hybridized carbons (Fsp3) is 0.424. The second kappa shape index (κ2) is 12.5. The van der Waals surface area contributed by atoms with Crippen molar-refractivity contribution in [3.8, 4) is 0 Å². The van der Waals surface area contributed by atoms with Crippen LogP contribution in [-0.2, 0) is 41.7 Å². The standard InChI is InChI=1S/C33H38O6/c1-33(2,3)28(34)19-26-29(35-20-23-13-7-4-8-14-23)31(36-21-24-15-9-5-10-16-24)30-27(38-26)22-37-32(39-30)25-17-11-6-12-18-25/h4-18,26-27,29-32H,19-22H2,1-3H3/t26-,27-,29+,30-,31-,32?/m1/s1. The molecule has 6 atom stereocenters. The molecule has 0 spiro atoms. The highest BCUT2D eigenvalue weighted by Crippen LogP contribution is 2.38. The van der Waals surface area contributed by atoms with Gasteiger partial charge >= 0.3 is 0 Å². The van der Waals surface area contributed by atoms with Gasteiger partial charge in [-0.05, 0) is 11.1 Å². The van der Waals surface area contributed by atoms with Gasteiger partial charge in [0.05, 0.1) is 25.9 Å². The first kappa shape index (κ1) is 27.7. The normalized spacial score (nSPS) is 27.1. The molecule has 3 aromatic rings. The van der Waals surface area contributed by atoms with E-state index in [-0.39, 0.29) is 18.3 Å². The number of carbonyl (C=O) groups excluding carboxylic acids is 1. The molecule has 0 amide bonds. The summed E-state index contributed by atoms with van der Waals surface area (Å²) in [7, 11) is 0. The minimum Gasteiger partial charge on any atom is -0.368 e. The lowest BCUT2D eigenvalue weighted by Crippen LogP contribution is -2.63. The zero-order valence-corrected chi connectivity index (χ0v) is 22.9. The van der Waals surface area contributed by atoms with Crippen LogP contribution in [0, 0.1) is 5.41 Å². The first-order valence-electron chi connectivity index (χ1n) is 13.7. The van der Waals surface area contributed by atoms with Gasteiger partial charge in [0.15, 0.2) is 6.29 Å². The molecule has 206 valence electrons. The van der Waals surface area contributed by atoms with E-state index in [9.17, 15) is 4.79 Å². The highest BCUT2D eigenvalue weighted by Gasteiger charge is 2.52. The van der Waals surface area contributed by atoms with E-state index in [2.05, 4.69) is 0 Å². The molecule has 2 fully saturated rings. The Morgan fingerprint density at radius 2 is 1.31 bits per heavy atom. The minimum absolute atomic E-state index is 0.112. The molecule has 0 N–H and O–H groups in total. The predicted molar refractivity (Wildman–Crippen MR) is 148 cm³/mol. The number of fused-ring (bicyclic) bond motifs is 1. The van der Waals surface area contributed by atoms with Crippen LogP contribution in [0.15, 0.2) is 91.0 Å². The number of Topliss-reactive ketones (excluding diaryl/α,β-unsaturated/α-hetero) is 1. The molecule has 3 aromatic carbocycles. The van der Waals surface area contributed by atoms with Gasteiger partial charge in [0.2, 0.25) is 0 Å². The van der Waals surface area contributed by atoms with Gasteiger partial charge in [0, 0.05) is 17.4 Å². The number of rotatable bonds is 9. The van der Waals surface area contributed by atoms with Gasteiger partial charge in [0.1, 0.15) is 30.2 Å². The Labute approximate surface area is 231 Å². The smallest absolute Gasteiger partial charge is 0.184 e. The summed E-state index contributed by atoms with van der Waals surface area (Å²) in [6, 6.07) is 29.9. The molecule has 39 heavy (non-hydrogen) atoms. The van der Waals surface area contributed by atoms with Crippen LogP contribution in [0.4, 0.5) is 0 Å². The van der Waals surface area contributed by atoms with Gasteiger partial charge < -0.3 is 23.7 Å². The van der Waals surface area contributed by atoms with Crippen molar-refractivity contribution in [2.45, 2.75) is 77.2 Å². The van der Waals surface area contributed by atoms with Crippen molar-refractivity contribution < 1.29 is 28.5 Å². The number of hydrogen-bond acceptors (Lipinski definition) is 6. The summed E-state index contributed by atoms with van der Waals surface area (Å²) in [5.41, 5.74) is 2.53. The van der Waals surface area contributed by atoms with Crippen LogP contribution in [0.1, 0.15) is 50.2 Å². The predicted octanol–water partition coefficient (Wildman–Crippen LogP) is 6.04. The SMILES string of the molecule is CC(C)(C)C(=O)C[C@H]1O[C@@H]2COC(c3ccccc3)O[C@H]2[C@H](OCc2ccccc2)[C@H]1OCc1ccccc1. The molecule has 0 bridgehead atoms. The minimum atomic E-state index is -0.540. The first-order chi connectivity index (χ1) is 18.9. The third-order valence-corrected chi connectivity index (χ3v) is 7.29. The molecule has 0 aliphatic carbocycles. The van der Waals surface area contributed by atoms with E-state index in [4.69, 9.17) is 23.7 Å². The van der Waals surface area contributed by atoms with Crippen molar-refractivity contribution >= 4 is 5.78 Å².